The highest BCUT2D eigenvalue weighted by atomic mass is 15.2. The molecule has 8 aromatic rings. The molecule has 0 amide bonds. The van der Waals surface area contributed by atoms with E-state index in [1.807, 2.05) is 0 Å². The van der Waals surface area contributed by atoms with Crippen LogP contribution in [0.3, 0.4) is 0 Å². The topological polar surface area (TPSA) is 6.48 Å². The molecular weight excluding hydrogens is 605 g/mol. The number of hydrogen-bond acceptors (Lipinski definition) is 2. The molecule has 0 saturated heterocycles. The lowest BCUT2D eigenvalue weighted by Crippen LogP contribution is -2.30. The van der Waals surface area contributed by atoms with Gasteiger partial charge in [0.2, 0.25) is 0 Å². The summed E-state index contributed by atoms with van der Waals surface area (Å²) in [6.45, 7) is 0. The minimum Gasteiger partial charge on any atom is -0.333 e. The van der Waals surface area contributed by atoms with Crippen LogP contribution in [0.25, 0.3) is 43.4 Å². The predicted octanol–water partition coefficient (Wildman–Crippen LogP) is 13.3. The van der Waals surface area contributed by atoms with E-state index in [1.165, 1.54) is 60.5 Å². The van der Waals surface area contributed by atoms with Crippen molar-refractivity contribution < 1.29 is 0 Å². The van der Waals surface area contributed by atoms with E-state index in [4.69, 9.17) is 0 Å². The van der Waals surface area contributed by atoms with Crippen LogP contribution in [0, 0.1) is 0 Å². The zero-order valence-electron chi connectivity index (χ0n) is 27.7. The third kappa shape index (κ3) is 5.32. The SMILES string of the molecule is C1=CCC(N(c2ccccc2)c2c3ccccc3c(N(c3ccccc3)c3ccccc3)c3ccc(-c4ccc5ccccc5c4)cc23)C=C1. The third-order valence-electron chi connectivity index (χ3n) is 9.87. The van der Waals surface area contributed by atoms with Gasteiger partial charge in [-0.15, -0.1) is 0 Å². The third-order valence-corrected chi connectivity index (χ3v) is 9.87. The van der Waals surface area contributed by atoms with E-state index in [9.17, 15) is 0 Å². The van der Waals surface area contributed by atoms with Gasteiger partial charge in [0.15, 0.2) is 0 Å². The summed E-state index contributed by atoms with van der Waals surface area (Å²) in [5.74, 6) is 0. The van der Waals surface area contributed by atoms with Crippen LogP contribution in [-0.4, -0.2) is 6.04 Å². The van der Waals surface area contributed by atoms with Gasteiger partial charge in [0, 0.05) is 38.6 Å². The monoisotopic (exact) mass is 640 g/mol. The van der Waals surface area contributed by atoms with Crippen molar-refractivity contribution in [1.29, 1.82) is 0 Å². The molecule has 8 aromatic carbocycles. The number of nitrogens with zero attached hydrogens (tertiary/aromatic N) is 2. The molecule has 1 unspecified atom stereocenters. The normalized spacial score (nSPS) is 14.0. The predicted molar refractivity (Wildman–Crippen MR) is 214 cm³/mol. The number of benzene rings is 8. The molecule has 2 heteroatoms. The first kappa shape index (κ1) is 29.7. The van der Waals surface area contributed by atoms with Crippen LogP contribution < -0.4 is 9.80 Å². The molecule has 0 N–H and O–H groups in total. The van der Waals surface area contributed by atoms with E-state index < -0.39 is 0 Å². The van der Waals surface area contributed by atoms with Gasteiger partial charge >= 0.3 is 0 Å². The maximum atomic E-state index is 2.56. The van der Waals surface area contributed by atoms with Crippen LogP contribution in [-0.2, 0) is 0 Å². The molecule has 1 aliphatic carbocycles. The molecule has 50 heavy (non-hydrogen) atoms. The highest BCUT2D eigenvalue weighted by molar-refractivity contribution is 6.23. The number of para-hydroxylation sites is 3. The van der Waals surface area contributed by atoms with Crippen molar-refractivity contribution in [2.24, 2.45) is 0 Å². The molecule has 1 atom stereocenters. The van der Waals surface area contributed by atoms with E-state index in [1.54, 1.807) is 0 Å². The molecule has 9 rings (SSSR count). The molecule has 0 fully saturated rings. The molecule has 2 nitrogen and oxygen atoms in total. The Labute approximate surface area is 293 Å². The van der Waals surface area contributed by atoms with Crippen molar-refractivity contribution in [3.63, 3.8) is 0 Å². The summed E-state index contributed by atoms with van der Waals surface area (Å²) < 4.78 is 0. The highest BCUT2D eigenvalue weighted by Gasteiger charge is 2.27. The Hall–Kier alpha value is -6.38. The number of hydrogen-bond donors (Lipinski definition) is 0. The van der Waals surface area contributed by atoms with E-state index in [2.05, 4.69) is 210 Å². The van der Waals surface area contributed by atoms with Gasteiger partial charge in [0.1, 0.15) is 0 Å². The molecular formula is C48H36N2. The Kier molecular flexibility index (Phi) is 7.68. The van der Waals surface area contributed by atoms with Crippen LogP contribution in [0.4, 0.5) is 28.4 Å². The summed E-state index contributed by atoms with van der Waals surface area (Å²) in [5, 5.41) is 7.33. The van der Waals surface area contributed by atoms with Gasteiger partial charge in [-0.1, -0.05) is 152 Å². The minimum absolute atomic E-state index is 0.156. The van der Waals surface area contributed by atoms with Crippen LogP contribution in [0.1, 0.15) is 6.42 Å². The largest absolute Gasteiger partial charge is 0.333 e. The van der Waals surface area contributed by atoms with Crippen LogP contribution in [0.15, 0.2) is 200 Å². The fourth-order valence-electron chi connectivity index (χ4n) is 7.58. The Balaban J connectivity index is 1.41. The van der Waals surface area contributed by atoms with Crippen LogP contribution in [0.2, 0.25) is 0 Å². The summed E-state index contributed by atoms with van der Waals surface area (Å²) in [6, 6.07) is 64.0. The molecule has 238 valence electrons. The van der Waals surface area contributed by atoms with Gasteiger partial charge < -0.3 is 9.80 Å². The van der Waals surface area contributed by atoms with Gasteiger partial charge in [-0.2, -0.15) is 0 Å². The fourth-order valence-corrected chi connectivity index (χ4v) is 7.58. The number of anilines is 5. The molecule has 0 heterocycles. The van der Waals surface area contributed by atoms with Crippen molar-refractivity contribution in [3.05, 3.63) is 200 Å². The minimum atomic E-state index is 0.156. The van der Waals surface area contributed by atoms with Gasteiger partial charge in [-0.25, -0.2) is 0 Å². The van der Waals surface area contributed by atoms with Gasteiger partial charge in [0.25, 0.3) is 0 Å². The Morgan fingerprint density at radius 2 is 0.940 bits per heavy atom. The second kappa shape index (κ2) is 12.9. The molecule has 0 bridgehead atoms. The van der Waals surface area contributed by atoms with Crippen molar-refractivity contribution in [1.82, 2.24) is 0 Å². The smallest absolute Gasteiger partial charge is 0.0619 e. The Morgan fingerprint density at radius 1 is 0.400 bits per heavy atom. The summed E-state index contributed by atoms with van der Waals surface area (Å²) in [5.41, 5.74) is 8.22. The first-order chi connectivity index (χ1) is 24.8. The Bertz CT molecular complexity index is 2480. The summed E-state index contributed by atoms with van der Waals surface area (Å²) >= 11 is 0. The van der Waals surface area contributed by atoms with Gasteiger partial charge in [0.05, 0.1) is 17.4 Å². The second-order valence-electron chi connectivity index (χ2n) is 12.9. The molecule has 0 radical (unpaired) electrons. The van der Waals surface area contributed by atoms with E-state index in [0.29, 0.717) is 0 Å². The van der Waals surface area contributed by atoms with E-state index >= 15 is 0 Å². The van der Waals surface area contributed by atoms with Crippen molar-refractivity contribution >= 4 is 60.8 Å². The average molecular weight is 641 g/mol. The van der Waals surface area contributed by atoms with Crippen molar-refractivity contribution in [3.8, 4) is 11.1 Å². The zero-order valence-corrected chi connectivity index (χ0v) is 27.7. The maximum Gasteiger partial charge on any atom is 0.0619 e. The van der Waals surface area contributed by atoms with E-state index in [-0.39, 0.29) is 6.04 Å². The summed E-state index contributed by atoms with van der Waals surface area (Å²) in [6.07, 6.45) is 9.90. The summed E-state index contributed by atoms with van der Waals surface area (Å²) in [4.78, 5) is 4.99. The summed E-state index contributed by atoms with van der Waals surface area (Å²) in [7, 11) is 0. The number of allylic oxidation sites excluding steroid dienone is 2. The van der Waals surface area contributed by atoms with Gasteiger partial charge in [-0.05, 0) is 76.9 Å². The van der Waals surface area contributed by atoms with Crippen molar-refractivity contribution in [2.75, 3.05) is 9.80 Å². The van der Waals surface area contributed by atoms with Crippen molar-refractivity contribution in [2.45, 2.75) is 12.5 Å². The van der Waals surface area contributed by atoms with E-state index in [0.717, 1.165) is 17.8 Å². The first-order valence-corrected chi connectivity index (χ1v) is 17.4. The van der Waals surface area contributed by atoms with Crippen LogP contribution in [0.5, 0.6) is 0 Å². The fraction of sp³-hybridized carbons (Fsp3) is 0.0417. The first-order valence-electron chi connectivity index (χ1n) is 17.4. The molecule has 0 aliphatic heterocycles. The quantitative estimate of drug-likeness (QED) is 0.126. The maximum absolute atomic E-state index is 2.56. The standard InChI is InChI=1S/C48H36N2/c1-5-19-39(20-6-1)49(40-21-7-2-8-22-40)47-43-27-15-16-28-44(43)48(50(41-23-9-3-10-24-41)42-25-11-4-12-26-42)46-34-38(31-32-45(46)47)37-30-29-35-17-13-14-18-36(35)33-37/h1-25,27-34,42H,26H2. The van der Waals surface area contributed by atoms with Crippen LogP contribution >= 0.6 is 0 Å². The lowest BCUT2D eigenvalue weighted by molar-refractivity contribution is 0.789. The highest BCUT2D eigenvalue weighted by Crippen LogP contribution is 2.50. The van der Waals surface area contributed by atoms with Gasteiger partial charge in [-0.3, -0.25) is 0 Å². The zero-order chi connectivity index (χ0) is 33.3. The molecule has 0 spiro atoms. The molecule has 1 aliphatic rings. The average Bonchev–Trinajstić information content (AvgIpc) is 3.20. The lowest BCUT2D eigenvalue weighted by atomic mass is 9.91. The number of rotatable bonds is 7. The molecule has 0 saturated carbocycles. The number of fused-ring (bicyclic) bond motifs is 3. The Morgan fingerprint density at radius 3 is 1.60 bits per heavy atom. The lowest BCUT2D eigenvalue weighted by Gasteiger charge is -2.36. The molecule has 0 aromatic heterocycles. The second-order valence-corrected chi connectivity index (χ2v) is 12.9.